The number of unbranched alkanes of at least 4 members (excludes halogenated alkanes) is 1. The van der Waals surface area contributed by atoms with Crippen molar-refractivity contribution in [2.45, 2.75) is 50.2 Å². The summed E-state index contributed by atoms with van der Waals surface area (Å²) in [4.78, 5) is 51.3. The molecule has 31 heavy (non-hydrogen) atoms. The van der Waals surface area contributed by atoms with Crippen LogP contribution in [0.15, 0.2) is 4.99 Å². The number of nitrogens with one attached hydrogen (secondary N) is 3. The predicted octanol–water partition coefficient (Wildman–Crippen LogP) is -3.40. The number of rotatable bonds is 16. The van der Waals surface area contributed by atoms with Crippen molar-refractivity contribution in [3.63, 3.8) is 0 Å². The number of carboxylic acids is 1. The van der Waals surface area contributed by atoms with Gasteiger partial charge in [0.15, 0.2) is 5.96 Å². The summed E-state index contributed by atoms with van der Waals surface area (Å²) in [5.74, 6) is -3.15. The predicted molar refractivity (Wildman–Crippen MR) is 119 cm³/mol. The van der Waals surface area contributed by atoms with Gasteiger partial charge in [-0.3, -0.25) is 19.4 Å². The van der Waals surface area contributed by atoms with Crippen LogP contribution in [-0.4, -0.2) is 78.3 Å². The first-order valence-corrected chi connectivity index (χ1v) is 10.5. The first-order chi connectivity index (χ1) is 14.6. The molecule has 0 aromatic carbocycles. The zero-order chi connectivity index (χ0) is 23.8. The quantitative estimate of drug-likeness (QED) is 0.0479. The monoisotopic (exact) mass is 462 g/mol. The number of carbonyl (C=O) groups is 4. The van der Waals surface area contributed by atoms with Crippen molar-refractivity contribution in [3.8, 4) is 0 Å². The van der Waals surface area contributed by atoms with Gasteiger partial charge in [-0.1, -0.05) is 0 Å². The van der Waals surface area contributed by atoms with Gasteiger partial charge in [0.1, 0.15) is 12.1 Å². The van der Waals surface area contributed by atoms with Crippen molar-refractivity contribution < 1.29 is 24.3 Å². The average Bonchev–Trinajstić information content (AvgIpc) is 2.71. The highest BCUT2D eigenvalue weighted by Gasteiger charge is 2.24. The lowest BCUT2D eigenvalue weighted by Crippen LogP contribution is -2.54. The first-order valence-electron chi connectivity index (χ1n) is 9.84. The van der Waals surface area contributed by atoms with Crippen LogP contribution in [0.2, 0.25) is 0 Å². The number of thiol groups is 1. The summed E-state index contributed by atoms with van der Waals surface area (Å²) in [6.45, 7) is 0.287. The Morgan fingerprint density at radius 2 is 1.65 bits per heavy atom. The minimum absolute atomic E-state index is 0.0310. The Kier molecular flexibility index (Phi) is 14.8. The molecule has 178 valence electrons. The van der Waals surface area contributed by atoms with Gasteiger partial charge in [-0.05, 0) is 38.6 Å². The summed E-state index contributed by atoms with van der Waals surface area (Å²) in [6.07, 6.45) is 2.17. The average molecular weight is 463 g/mol. The smallest absolute Gasteiger partial charge is 0.326 e. The van der Waals surface area contributed by atoms with Crippen LogP contribution in [-0.2, 0) is 19.2 Å². The van der Waals surface area contributed by atoms with E-state index >= 15 is 0 Å². The Hall–Kier alpha value is -2.58. The van der Waals surface area contributed by atoms with E-state index in [0.717, 1.165) is 0 Å². The molecule has 0 aromatic rings. The fourth-order valence-electron chi connectivity index (χ4n) is 2.41. The molecule has 3 atom stereocenters. The van der Waals surface area contributed by atoms with Gasteiger partial charge in [-0.25, -0.2) is 4.79 Å². The third kappa shape index (κ3) is 13.4. The van der Waals surface area contributed by atoms with E-state index in [1.165, 1.54) is 0 Å². The molecule has 3 amide bonds. The molecule has 0 saturated carbocycles. The Morgan fingerprint density at radius 3 is 2.19 bits per heavy atom. The first kappa shape index (κ1) is 28.4. The zero-order valence-electron chi connectivity index (χ0n) is 17.4. The number of nitrogens with zero attached hydrogens (tertiary/aromatic N) is 1. The molecule has 0 rings (SSSR count). The highest BCUT2D eigenvalue weighted by Crippen LogP contribution is 2.01. The molecule has 0 aliphatic carbocycles. The van der Waals surface area contributed by atoms with Crippen LogP contribution in [0.4, 0.5) is 0 Å². The van der Waals surface area contributed by atoms with Gasteiger partial charge in [0.05, 0.1) is 12.6 Å². The third-order valence-electron chi connectivity index (χ3n) is 4.12. The number of carbonyl (C=O) groups excluding carboxylic acids is 3. The molecule has 0 bridgehead atoms. The second-order valence-electron chi connectivity index (χ2n) is 6.76. The van der Waals surface area contributed by atoms with Crippen LogP contribution < -0.4 is 38.9 Å². The molecule has 13 nitrogen and oxygen atoms in total. The van der Waals surface area contributed by atoms with E-state index in [9.17, 15) is 19.2 Å². The maximum absolute atomic E-state index is 12.2. The zero-order valence-corrected chi connectivity index (χ0v) is 18.3. The van der Waals surface area contributed by atoms with Crippen molar-refractivity contribution in [1.82, 2.24) is 16.0 Å². The molecule has 0 aliphatic heterocycles. The van der Waals surface area contributed by atoms with Crippen molar-refractivity contribution in [2.24, 2.45) is 27.9 Å². The minimum atomic E-state index is -1.17. The van der Waals surface area contributed by atoms with Crippen LogP contribution in [0.5, 0.6) is 0 Å². The van der Waals surface area contributed by atoms with E-state index in [1.807, 2.05) is 0 Å². The van der Waals surface area contributed by atoms with Gasteiger partial charge >= 0.3 is 5.97 Å². The van der Waals surface area contributed by atoms with Gasteiger partial charge in [0.25, 0.3) is 0 Å². The van der Waals surface area contributed by atoms with Gasteiger partial charge < -0.3 is 44.0 Å². The highest BCUT2D eigenvalue weighted by molar-refractivity contribution is 7.80. The number of aliphatic imine (C=N–C) groups is 1. The Morgan fingerprint density at radius 1 is 0.968 bits per heavy atom. The largest absolute Gasteiger partial charge is 0.480 e. The molecule has 0 heterocycles. The number of hydrogen-bond acceptors (Lipinski definition) is 8. The van der Waals surface area contributed by atoms with Crippen LogP contribution in [0, 0.1) is 0 Å². The standard InChI is InChI=1S/C17H34N8O5S/c18-6-2-1-5-11(16(29)30)24-13(26)8-23-15(28)12(9-31)25-14(27)10(19)4-3-7-22-17(20)21/h10-12,31H,1-9,18-19H2,(H,23,28)(H,24,26)(H,25,27)(H,29,30)(H4,20,21,22). The molecule has 14 heteroatoms. The van der Waals surface area contributed by atoms with Gasteiger partial charge in [-0.15, -0.1) is 0 Å². The van der Waals surface area contributed by atoms with E-state index in [1.54, 1.807) is 0 Å². The van der Waals surface area contributed by atoms with Crippen LogP contribution in [0.3, 0.4) is 0 Å². The van der Waals surface area contributed by atoms with Crippen LogP contribution in [0.25, 0.3) is 0 Å². The summed E-state index contributed by atoms with van der Waals surface area (Å²) in [6, 6.07) is -2.97. The van der Waals surface area contributed by atoms with E-state index in [0.29, 0.717) is 38.8 Å². The van der Waals surface area contributed by atoms with Crippen molar-refractivity contribution in [2.75, 3.05) is 25.4 Å². The number of carboxylic acid groups (broad SMARTS) is 1. The molecule has 0 radical (unpaired) electrons. The Bertz CT molecular complexity index is 630. The van der Waals surface area contributed by atoms with Crippen molar-refractivity contribution >= 4 is 42.3 Å². The summed E-state index contributed by atoms with van der Waals surface area (Å²) in [5.41, 5.74) is 21.6. The SMILES string of the molecule is NCCCCC(NC(=O)CNC(=O)C(CS)NC(=O)C(N)CCCN=C(N)N)C(=O)O. The molecule has 0 aliphatic rings. The summed E-state index contributed by atoms with van der Waals surface area (Å²) >= 11 is 4.03. The highest BCUT2D eigenvalue weighted by atomic mass is 32.1. The second kappa shape index (κ2) is 16.2. The number of hydrogen-bond donors (Lipinski definition) is 9. The summed E-state index contributed by atoms with van der Waals surface area (Å²) in [7, 11) is 0. The van der Waals surface area contributed by atoms with E-state index in [-0.39, 0.29) is 18.1 Å². The number of nitrogens with two attached hydrogens (primary N) is 4. The minimum Gasteiger partial charge on any atom is -0.480 e. The second-order valence-corrected chi connectivity index (χ2v) is 7.12. The fraction of sp³-hybridized carbons (Fsp3) is 0.706. The summed E-state index contributed by atoms with van der Waals surface area (Å²) in [5, 5.41) is 16.3. The van der Waals surface area contributed by atoms with E-state index in [4.69, 9.17) is 28.0 Å². The maximum Gasteiger partial charge on any atom is 0.326 e. The molecular formula is C17H34N8O5S. The Balaban J connectivity index is 4.48. The van der Waals surface area contributed by atoms with Gasteiger partial charge in [-0.2, -0.15) is 12.6 Å². The molecule has 12 N–H and O–H groups in total. The fourth-order valence-corrected chi connectivity index (χ4v) is 2.67. The molecule has 0 saturated heterocycles. The van der Waals surface area contributed by atoms with Gasteiger partial charge in [0, 0.05) is 12.3 Å². The topological polar surface area (TPSA) is 241 Å². The van der Waals surface area contributed by atoms with E-state index in [2.05, 4.69) is 33.6 Å². The molecular weight excluding hydrogens is 428 g/mol. The lowest BCUT2D eigenvalue weighted by atomic mass is 10.1. The number of guanidine groups is 1. The number of amides is 3. The van der Waals surface area contributed by atoms with Crippen LogP contribution >= 0.6 is 12.6 Å². The van der Waals surface area contributed by atoms with Crippen LogP contribution in [0.1, 0.15) is 32.1 Å². The lowest BCUT2D eigenvalue weighted by molar-refractivity contribution is -0.142. The lowest BCUT2D eigenvalue weighted by Gasteiger charge is -2.19. The third-order valence-corrected chi connectivity index (χ3v) is 4.49. The molecule has 0 spiro atoms. The Labute approximate surface area is 186 Å². The summed E-state index contributed by atoms with van der Waals surface area (Å²) < 4.78 is 0. The maximum atomic E-state index is 12.2. The molecule has 3 unspecified atom stereocenters. The number of aliphatic carboxylic acids is 1. The molecule has 0 aromatic heterocycles. The van der Waals surface area contributed by atoms with E-state index < -0.39 is 48.4 Å². The molecule has 0 fully saturated rings. The van der Waals surface area contributed by atoms with Gasteiger partial charge in [0.2, 0.25) is 17.7 Å². The normalized spacial score (nSPS) is 13.4. The van der Waals surface area contributed by atoms with Crippen molar-refractivity contribution in [3.05, 3.63) is 0 Å². The van der Waals surface area contributed by atoms with Crippen molar-refractivity contribution in [1.29, 1.82) is 0 Å².